The number of hydrazine groups is 1. The fourth-order valence-electron chi connectivity index (χ4n) is 3.86. The van der Waals surface area contributed by atoms with Gasteiger partial charge in [0.05, 0.1) is 7.11 Å². The van der Waals surface area contributed by atoms with E-state index < -0.39 is 34.9 Å². The van der Waals surface area contributed by atoms with Gasteiger partial charge in [0, 0.05) is 24.1 Å². The third-order valence-corrected chi connectivity index (χ3v) is 5.82. The molecule has 2 rings (SSSR count). The first kappa shape index (κ1) is 28.9. The van der Waals surface area contributed by atoms with E-state index in [2.05, 4.69) is 10.3 Å². The van der Waals surface area contributed by atoms with E-state index in [9.17, 15) is 34.7 Å². The normalized spacial score (nSPS) is 14.0. The molecule has 0 aliphatic carbocycles. The zero-order valence-corrected chi connectivity index (χ0v) is 20.8. The van der Waals surface area contributed by atoms with Crippen molar-refractivity contribution in [3.63, 3.8) is 0 Å². The highest BCUT2D eigenvalue weighted by Gasteiger charge is 2.31. The van der Waals surface area contributed by atoms with E-state index in [1.807, 2.05) is 0 Å². The van der Waals surface area contributed by atoms with Crippen molar-refractivity contribution in [1.82, 2.24) is 10.7 Å². The minimum absolute atomic E-state index is 0.0304. The summed E-state index contributed by atoms with van der Waals surface area (Å²) in [6, 6.07) is -1.15. The van der Waals surface area contributed by atoms with E-state index in [0.717, 1.165) is 5.57 Å². The Bertz CT molecular complexity index is 1130. The van der Waals surface area contributed by atoms with Gasteiger partial charge in [-0.2, -0.15) is 0 Å². The predicted octanol–water partition coefficient (Wildman–Crippen LogP) is 1.09. The molecule has 37 heavy (non-hydrogen) atoms. The van der Waals surface area contributed by atoms with Gasteiger partial charge in [-0.25, -0.2) is 24.7 Å². The van der Waals surface area contributed by atoms with Gasteiger partial charge in [0.1, 0.15) is 29.7 Å². The van der Waals surface area contributed by atoms with Crippen LogP contribution < -0.4 is 21.2 Å². The molecule has 1 aromatic carbocycles. The highest BCUT2D eigenvalue weighted by molar-refractivity contribution is 5.98. The molecule has 14 heteroatoms. The molecule has 0 fully saturated rings. The van der Waals surface area contributed by atoms with E-state index >= 15 is 0 Å². The number of nitrogens with two attached hydrogens (primary N) is 1. The fraction of sp³-hybridized carbons (Fsp3) is 0.478. The molecule has 202 valence electrons. The number of cyclic esters (lactones) is 1. The number of rotatable bonds is 13. The van der Waals surface area contributed by atoms with Gasteiger partial charge in [-0.3, -0.25) is 4.79 Å². The molecule has 14 nitrogen and oxygen atoms in total. The highest BCUT2D eigenvalue weighted by Crippen LogP contribution is 2.42. The summed E-state index contributed by atoms with van der Waals surface area (Å²) in [5.41, 5.74) is 9.66. The number of hydrogen-bond donors (Lipinski definition) is 5. The summed E-state index contributed by atoms with van der Waals surface area (Å²) in [7, 11) is 1.47. The van der Waals surface area contributed by atoms with Crippen LogP contribution in [0, 0.1) is 17.0 Å². The van der Waals surface area contributed by atoms with E-state index in [4.69, 9.17) is 15.2 Å². The summed E-state index contributed by atoms with van der Waals surface area (Å²) in [5, 5.41) is 31.9. The van der Waals surface area contributed by atoms with Gasteiger partial charge >= 0.3 is 11.9 Å². The number of carboxylic acid groups (broad SMARTS) is 1. The number of aliphatic carboxylic acids is 1. The van der Waals surface area contributed by atoms with Gasteiger partial charge in [0.25, 0.3) is 5.96 Å². The van der Waals surface area contributed by atoms with Crippen molar-refractivity contribution in [2.75, 3.05) is 13.7 Å². The number of benzene rings is 1. The number of nitrogens with zero attached hydrogens (tertiary/aromatic N) is 2. The number of carboxylic acids is 1. The Labute approximate surface area is 212 Å². The number of carbonyl (C=O) groups excluding carboxylic acids is 2. The predicted molar refractivity (Wildman–Crippen MR) is 131 cm³/mol. The molecule has 1 atom stereocenters. The molecule has 6 N–H and O–H groups in total. The molecule has 1 aliphatic heterocycles. The summed E-state index contributed by atoms with van der Waals surface area (Å²) in [5.74, 6) is -2.39. The van der Waals surface area contributed by atoms with Crippen LogP contribution in [-0.4, -0.2) is 58.7 Å². The summed E-state index contributed by atoms with van der Waals surface area (Å²) in [6.45, 7) is 3.70. The molecular formula is C23H31N5O9. The van der Waals surface area contributed by atoms with Gasteiger partial charge in [0.15, 0.2) is 5.03 Å². The molecule has 1 amide bonds. The number of amides is 1. The van der Waals surface area contributed by atoms with Crippen LogP contribution in [0.25, 0.3) is 0 Å². The first-order valence-electron chi connectivity index (χ1n) is 11.4. The van der Waals surface area contributed by atoms with E-state index in [1.165, 1.54) is 7.11 Å². The first-order valence-corrected chi connectivity index (χ1v) is 11.4. The molecular weight excluding hydrogens is 490 g/mol. The van der Waals surface area contributed by atoms with Gasteiger partial charge in [-0.15, -0.1) is 0 Å². The number of esters is 1. The van der Waals surface area contributed by atoms with Crippen LogP contribution in [0.2, 0.25) is 0 Å². The molecule has 0 aromatic heterocycles. The van der Waals surface area contributed by atoms with Crippen molar-refractivity contribution in [2.45, 2.75) is 58.6 Å². The number of allylic oxidation sites excluding steroid dienone is 2. The van der Waals surface area contributed by atoms with Gasteiger partial charge in [-0.1, -0.05) is 17.1 Å². The molecule has 0 radical (unpaired) electrons. The second-order valence-electron chi connectivity index (χ2n) is 8.41. The molecule has 1 aliphatic rings. The lowest BCUT2D eigenvalue weighted by Crippen LogP contribution is -2.41. The molecule has 0 bridgehead atoms. The second kappa shape index (κ2) is 13.1. The summed E-state index contributed by atoms with van der Waals surface area (Å²) < 4.78 is 10.5. The molecule has 0 spiro atoms. The first-order chi connectivity index (χ1) is 17.5. The van der Waals surface area contributed by atoms with Crippen LogP contribution in [0.1, 0.15) is 59.7 Å². The quantitative estimate of drug-likeness (QED) is 0.0471. The lowest BCUT2D eigenvalue weighted by Gasteiger charge is -2.16. The largest absolute Gasteiger partial charge is 0.507 e. The molecule has 0 unspecified atom stereocenters. The number of fused-ring (bicyclic) bond motifs is 1. The Morgan fingerprint density at radius 1 is 1.38 bits per heavy atom. The van der Waals surface area contributed by atoms with Crippen molar-refractivity contribution in [2.24, 2.45) is 10.7 Å². The zero-order chi connectivity index (χ0) is 27.7. The van der Waals surface area contributed by atoms with Gasteiger partial charge in [0.2, 0.25) is 5.91 Å². The third kappa shape index (κ3) is 7.81. The Balaban J connectivity index is 1.93. The molecule has 0 saturated heterocycles. The number of aliphatic imine (C=N–C) groups is 1. The number of ether oxygens (including phenoxy) is 2. The number of guanidine groups is 1. The Hall–Kier alpha value is -4.36. The Morgan fingerprint density at radius 3 is 2.70 bits per heavy atom. The van der Waals surface area contributed by atoms with Crippen LogP contribution >= 0.6 is 0 Å². The van der Waals surface area contributed by atoms with Crippen molar-refractivity contribution in [3.8, 4) is 11.5 Å². The van der Waals surface area contributed by atoms with Crippen LogP contribution in [0.3, 0.4) is 0 Å². The minimum atomic E-state index is -1.21. The topological polar surface area (TPSA) is 216 Å². The number of aromatic hydroxyl groups is 1. The van der Waals surface area contributed by atoms with Gasteiger partial charge < -0.3 is 30.7 Å². The number of phenolic OH excluding ortho intramolecular Hbond substituents is 1. The number of carbonyl (C=O) groups is 3. The summed E-state index contributed by atoms with van der Waals surface area (Å²) in [4.78, 5) is 49.8. The number of nitrogens with one attached hydrogen (secondary N) is 2. The SMILES string of the molecule is COc1c(C)c2c(c(O)c1C/C=C(\C)CCC(=O)N[C@H](CCCN=C(N)N[N+](=O)[O-])C(=O)O)C(=O)OC2. The lowest BCUT2D eigenvalue weighted by atomic mass is 9.94. The molecule has 0 saturated carbocycles. The van der Waals surface area contributed by atoms with Gasteiger partial charge in [-0.05, 0) is 45.1 Å². The average molecular weight is 522 g/mol. The van der Waals surface area contributed by atoms with Crippen molar-refractivity contribution in [3.05, 3.63) is 44.0 Å². The summed E-state index contributed by atoms with van der Waals surface area (Å²) >= 11 is 0. The maximum Gasteiger partial charge on any atom is 0.342 e. The zero-order valence-electron chi connectivity index (χ0n) is 20.8. The Kier molecular flexibility index (Phi) is 10.2. The fourth-order valence-corrected chi connectivity index (χ4v) is 3.86. The number of hydrogen-bond acceptors (Lipinski definition) is 9. The molecule has 1 aromatic rings. The van der Waals surface area contributed by atoms with E-state index in [1.54, 1.807) is 25.3 Å². The van der Waals surface area contributed by atoms with Crippen LogP contribution in [0.5, 0.6) is 11.5 Å². The second-order valence-corrected chi connectivity index (χ2v) is 8.41. The Morgan fingerprint density at radius 2 is 2.08 bits per heavy atom. The number of nitro groups is 1. The van der Waals surface area contributed by atoms with E-state index in [-0.39, 0.29) is 50.1 Å². The third-order valence-electron chi connectivity index (χ3n) is 5.82. The molecule has 1 heterocycles. The summed E-state index contributed by atoms with van der Waals surface area (Å²) in [6.07, 6.45) is 2.70. The monoisotopic (exact) mass is 521 g/mol. The van der Waals surface area contributed by atoms with Crippen LogP contribution in [-0.2, 0) is 27.4 Å². The lowest BCUT2D eigenvalue weighted by molar-refractivity contribution is -0.525. The standard InChI is InChI=1S/C23H31N5O9/c1-12(6-8-14-19(30)18-15(11-37-22(18)33)13(2)20(14)36-3)7-9-17(29)26-16(21(31)32)5-4-10-25-23(24)27-28(34)35/h6,16,30H,4-5,7-11H2,1-3H3,(H,26,29)(H,31,32)(H3,24,25,27)/b12-6+/t16-/m1/s1. The van der Waals surface area contributed by atoms with Crippen LogP contribution in [0.4, 0.5) is 0 Å². The maximum absolute atomic E-state index is 12.3. The number of phenols is 1. The number of methoxy groups -OCH3 is 1. The average Bonchev–Trinajstić information content (AvgIpc) is 3.22. The highest BCUT2D eigenvalue weighted by atomic mass is 16.7. The van der Waals surface area contributed by atoms with Crippen molar-refractivity contribution in [1.29, 1.82) is 0 Å². The maximum atomic E-state index is 12.3. The minimum Gasteiger partial charge on any atom is -0.507 e. The van der Waals surface area contributed by atoms with Crippen molar-refractivity contribution >= 4 is 23.8 Å². The van der Waals surface area contributed by atoms with Crippen molar-refractivity contribution < 1.29 is 39.1 Å². The van der Waals surface area contributed by atoms with Crippen LogP contribution in [0.15, 0.2) is 16.6 Å². The van der Waals surface area contributed by atoms with E-state index in [0.29, 0.717) is 28.9 Å². The smallest absolute Gasteiger partial charge is 0.342 e.